The van der Waals surface area contributed by atoms with E-state index in [0.29, 0.717) is 11.8 Å². The smallest absolute Gasteiger partial charge is 0.0165 e. The van der Waals surface area contributed by atoms with Crippen molar-refractivity contribution in [3.8, 4) is 0 Å². The zero-order valence-electron chi connectivity index (χ0n) is 10.2. The predicted octanol–water partition coefficient (Wildman–Crippen LogP) is 4.47. The van der Waals surface area contributed by atoms with Crippen LogP contribution in [0.4, 0.5) is 0 Å². The van der Waals surface area contributed by atoms with Gasteiger partial charge in [-0.05, 0) is 30.2 Å². The molecule has 0 amide bonds. The van der Waals surface area contributed by atoms with Crippen molar-refractivity contribution < 1.29 is 0 Å². The fourth-order valence-corrected chi connectivity index (χ4v) is 1.91. The Labute approximate surface area is 94.0 Å². The maximum atomic E-state index is 4.22. The molecule has 1 rings (SSSR count). The second-order valence-corrected chi connectivity index (χ2v) is 4.52. The van der Waals surface area contributed by atoms with Crippen LogP contribution in [0.2, 0.25) is 0 Å². The Morgan fingerprint density at radius 2 is 1.80 bits per heavy atom. The van der Waals surface area contributed by atoms with Crippen molar-refractivity contribution in [3.05, 3.63) is 48.0 Å². The van der Waals surface area contributed by atoms with Gasteiger partial charge in [0.2, 0.25) is 0 Å². The van der Waals surface area contributed by atoms with E-state index in [9.17, 15) is 0 Å². The van der Waals surface area contributed by atoms with E-state index in [1.165, 1.54) is 17.6 Å². The van der Waals surface area contributed by atoms with Crippen LogP contribution in [-0.4, -0.2) is 0 Å². The maximum Gasteiger partial charge on any atom is -0.0165 e. The van der Waals surface area contributed by atoms with Crippen LogP contribution in [0.3, 0.4) is 0 Å². The van der Waals surface area contributed by atoms with Crippen LogP contribution < -0.4 is 0 Å². The first-order chi connectivity index (χ1) is 7.15. The van der Waals surface area contributed by atoms with Gasteiger partial charge in [0.1, 0.15) is 0 Å². The van der Waals surface area contributed by atoms with E-state index in [0.717, 1.165) is 6.42 Å². The minimum Gasteiger partial charge on any atom is -0.0993 e. The largest absolute Gasteiger partial charge is 0.0993 e. The lowest BCUT2D eigenvalue weighted by Crippen LogP contribution is -2.10. The zero-order chi connectivity index (χ0) is 11.3. The Kier molecular flexibility index (Phi) is 4.61. The summed E-state index contributed by atoms with van der Waals surface area (Å²) in [5.41, 5.74) is 2.81. The fourth-order valence-electron chi connectivity index (χ4n) is 1.91. The van der Waals surface area contributed by atoms with Crippen LogP contribution in [-0.2, 0) is 6.42 Å². The average molecular weight is 202 g/mol. The minimum atomic E-state index is 0.596. The first kappa shape index (κ1) is 12.0. The molecule has 0 nitrogen and oxygen atoms in total. The Balaban J connectivity index is 2.66. The molecule has 82 valence electrons. The molecule has 15 heavy (non-hydrogen) atoms. The molecule has 0 aromatic heterocycles. The van der Waals surface area contributed by atoms with Gasteiger partial charge in [-0.25, -0.2) is 0 Å². The van der Waals surface area contributed by atoms with E-state index in [4.69, 9.17) is 0 Å². The standard InChI is InChI=1S/C15H22/c1-5-15(13(4)12(2)3)11-14-9-7-6-8-10-14/h6-10,12,15H,4-5,11H2,1-3H3. The lowest BCUT2D eigenvalue weighted by molar-refractivity contribution is 0.526. The van der Waals surface area contributed by atoms with Crippen molar-refractivity contribution in [2.75, 3.05) is 0 Å². The van der Waals surface area contributed by atoms with Crippen molar-refractivity contribution >= 4 is 0 Å². The van der Waals surface area contributed by atoms with E-state index >= 15 is 0 Å². The van der Waals surface area contributed by atoms with E-state index in [-0.39, 0.29) is 0 Å². The molecule has 0 fully saturated rings. The highest BCUT2D eigenvalue weighted by atomic mass is 14.2. The van der Waals surface area contributed by atoms with Crippen LogP contribution in [0, 0.1) is 11.8 Å². The van der Waals surface area contributed by atoms with Gasteiger partial charge in [-0.3, -0.25) is 0 Å². The molecule has 1 aromatic rings. The minimum absolute atomic E-state index is 0.596. The molecule has 0 spiro atoms. The second kappa shape index (κ2) is 5.75. The summed E-state index contributed by atoms with van der Waals surface area (Å²) in [7, 11) is 0. The van der Waals surface area contributed by atoms with E-state index in [1.807, 2.05) is 0 Å². The maximum absolute atomic E-state index is 4.22. The molecule has 0 N–H and O–H groups in total. The highest BCUT2D eigenvalue weighted by molar-refractivity contribution is 5.18. The van der Waals surface area contributed by atoms with Crippen LogP contribution in [0.15, 0.2) is 42.5 Å². The van der Waals surface area contributed by atoms with Crippen molar-refractivity contribution in [2.24, 2.45) is 11.8 Å². The van der Waals surface area contributed by atoms with Crippen molar-refractivity contribution in [1.29, 1.82) is 0 Å². The van der Waals surface area contributed by atoms with Crippen molar-refractivity contribution in [3.63, 3.8) is 0 Å². The second-order valence-electron chi connectivity index (χ2n) is 4.52. The molecule has 0 heteroatoms. The molecule has 1 aromatic carbocycles. The molecule has 0 aliphatic carbocycles. The first-order valence-electron chi connectivity index (χ1n) is 5.87. The highest BCUT2D eigenvalue weighted by Gasteiger charge is 2.13. The van der Waals surface area contributed by atoms with Gasteiger partial charge in [-0.1, -0.05) is 63.3 Å². The topological polar surface area (TPSA) is 0 Å². The van der Waals surface area contributed by atoms with Crippen LogP contribution >= 0.6 is 0 Å². The fraction of sp³-hybridized carbons (Fsp3) is 0.467. The number of hydrogen-bond acceptors (Lipinski definition) is 0. The van der Waals surface area contributed by atoms with E-state index < -0.39 is 0 Å². The summed E-state index contributed by atoms with van der Waals surface area (Å²) in [4.78, 5) is 0. The lowest BCUT2D eigenvalue weighted by Gasteiger charge is -2.20. The van der Waals surface area contributed by atoms with E-state index in [1.54, 1.807) is 0 Å². The Hall–Kier alpha value is -1.04. The van der Waals surface area contributed by atoms with Gasteiger partial charge >= 0.3 is 0 Å². The molecule has 0 aliphatic heterocycles. The summed E-state index contributed by atoms with van der Waals surface area (Å²) in [6.45, 7) is 10.9. The van der Waals surface area contributed by atoms with Gasteiger partial charge in [0.25, 0.3) is 0 Å². The van der Waals surface area contributed by atoms with Gasteiger partial charge in [0.15, 0.2) is 0 Å². The van der Waals surface area contributed by atoms with Gasteiger partial charge in [0.05, 0.1) is 0 Å². The first-order valence-corrected chi connectivity index (χ1v) is 5.87. The Morgan fingerprint density at radius 3 is 2.27 bits per heavy atom. The zero-order valence-corrected chi connectivity index (χ0v) is 10.2. The number of hydrogen-bond donors (Lipinski definition) is 0. The third-order valence-corrected chi connectivity index (χ3v) is 3.08. The monoisotopic (exact) mass is 202 g/mol. The molecule has 0 radical (unpaired) electrons. The summed E-state index contributed by atoms with van der Waals surface area (Å²) in [6, 6.07) is 10.7. The molecular formula is C15H22. The summed E-state index contributed by atoms with van der Waals surface area (Å²) >= 11 is 0. The lowest BCUT2D eigenvalue weighted by atomic mass is 9.85. The number of allylic oxidation sites excluding steroid dienone is 1. The van der Waals surface area contributed by atoms with Gasteiger partial charge in [-0.15, -0.1) is 0 Å². The number of rotatable bonds is 5. The van der Waals surface area contributed by atoms with Crippen molar-refractivity contribution in [1.82, 2.24) is 0 Å². The molecule has 0 saturated carbocycles. The molecule has 1 atom stereocenters. The van der Waals surface area contributed by atoms with E-state index in [2.05, 4.69) is 57.7 Å². The molecule has 0 aliphatic rings. The SMILES string of the molecule is C=C(C(C)C)C(CC)Cc1ccccc1. The Bertz CT molecular complexity index is 295. The van der Waals surface area contributed by atoms with Gasteiger partial charge < -0.3 is 0 Å². The quantitative estimate of drug-likeness (QED) is 0.618. The summed E-state index contributed by atoms with van der Waals surface area (Å²) < 4.78 is 0. The summed E-state index contributed by atoms with van der Waals surface area (Å²) in [6.07, 6.45) is 2.32. The molecule has 0 saturated heterocycles. The van der Waals surface area contributed by atoms with Gasteiger partial charge in [-0.2, -0.15) is 0 Å². The average Bonchev–Trinajstić information content (AvgIpc) is 2.26. The third-order valence-electron chi connectivity index (χ3n) is 3.08. The highest BCUT2D eigenvalue weighted by Crippen LogP contribution is 2.24. The molecule has 0 bridgehead atoms. The summed E-state index contributed by atoms with van der Waals surface area (Å²) in [5, 5.41) is 0. The third kappa shape index (κ3) is 3.54. The normalized spacial score (nSPS) is 12.8. The Morgan fingerprint density at radius 1 is 1.20 bits per heavy atom. The molecule has 1 unspecified atom stereocenters. The number of benzene rings is 1. The van der Waals surface area contributed by atoms with Crippen LogP contribution in [0.5, 0.6) is 0 Å². The van der Waals surface area contributed by atoms with Gasteiger partial charge in [0, 0.05) is 0 Å². The van der Waals surface area contributed by atoms with Crippen LogP contribution in [0.1, 0.15) is 32.8 Å². The van der Waals surface area contributed by atoms with Crippen LogP contribution in [0.25, 0.3) is 0 Å². The summed E-state index contributed by atoms with van der Waals surface area (Å²) in [5.74, 6) is 1.23. The molecular weight excluding hydrogens is 180 g/mol. The van der Waals surface area contributed by atoms with Crippen molar-refractivity contribution in [2.45, 2.75) is 33.6 Å². The predicted molar refractivity (Wildman–Crippen MR) is 67.9 cm³/mol. The molecule has 0 heterocycles.